The highest BCUT2D eigenvalue weighted by Gasteiger charge is 2.18. The Bertz CT molecular complexity index is 632. The molecule has 0 spiro atoms. The fraction of sp³-hybridized carbons (Fsp3) is 0.250. The monoisotopic (exact) mass is 276 g/mol. The number of aromatic carboxylic acids is 1. The molecule has 0 atom stereocenters. The van der Waals surface area contributed by atoms with E-state index in [-0.39, 0.29) is 11.4 Å². The van der Waals surface area contributed by atoms with Crippen molar-refractivity contribution in [2.24, 2.45) is 0 Å². The van der Waals surface area contributed by atoms with E-state index in [0.29, 0.717) is 10.8 Å². The average Bonchev–Trinajstić information content (AvgIpc) is 2.91. The highest BCUT2D eigenvalue weighted by molar-refractivity contribution is 7.15. The Morgan fingerprint density at radius 1 is 1.47 bits per heavy atom. The molecule has 0 aliphatic heterocycles. The molecule has 0 saturated carbocycles. The van der Waals surface area contributed by atoms with Crippen LogP contribution in [0, 0.1) is 0 Å². The van der Waals surface area contributed by atoms with Gasteiger partial charge >= 0.3 is 5.97 Å². The molecule has 0 amide bonds. The van der Waals surface area contributed by atoms with Crippen molar-refractivity contribution in [3.05, 3.63) is 28.4 Å². The number of thiazole rings is 1. The smallest absolute Gasteiger partial charge is 0.339 e. The number of carboxylic acid groups (broad SMARTS) is 1. The molecule has 0 bridgehead atoms. The van der Waals surface area contributed by atoms with E-state index < -0.39 is 5.97 Å². The van der Waals surface area contributed by atoms with Crippen LogP contribution in [0.2, 0.25) is 0 Å². The second-order valence-electron chi connectivity index (χ2n) is 4.34. The lowest BCUT2D eigenvalue weighted by Crippen LogP contribution is -2.06. The summed E-state index contributed by atoms with van der Waals surface area (Å²) >= 11 is 1.56. The SMILES string of the molecule is Nc1cnc(Nc2nc3c(s2)CCC3)c(C(=O)O)c1. The van der Waals surface area contributed by atoms with Gasteiger partial charge in [0, 0.05) is 4.88 Å². The van der Waals surface area contributed by atoms with Gasteiger partial charge in [-0.1, -0.05) is 0 Å². The van der Waals surface area contributed by atoms with E-state index in [4.69, 9.17) is 10.8 Å². The molecule has 2 aromatic heterocycles. The Hall–Kier alpha value is -2.15. The summed E-state index contributed by atoms with van der Waals surface area (Å²) < 4.78 is 0. The van der Waals surface area contributed by atoms with Crippen LogP contribution < -0.4 is 11.1 Å². The maximum absolute atomic E-state index is 11.2. The van der Waals surface area contributed by atoms with E-state index in [0.717, 1.165) is 25.0 Å². The molecule has 3 rings (SSSR count). The van der Waals surface area contributed by atoms with Crippen molar-refractivity contribution >= 4 is 33.9 Å². The number of nitrogens with two attached hydrogens (primary N) is 1. The van der Waals surface area contributed by atoms with Crippen LogP contribution in [-0.2, 0) is 12.8 Å². The fourth-order valence-corrected chi connectivity index (χ4v) is 3.14. The van der Waals surface area contributed by atoms with Crippen LogP contribution in [0.4, 0.5) is 16.6 Å². The molecule has 0 radical (unpaired) electrons. The Morgan fingerprint density at radius 2 is 2.32 bits per heavy atom. The molecule has 2 heterocycles. The zero-order valence-corrected chi connectivity index (χ0v) is 10.8. The van der Waals surface area contributed by atoms with E-state index in [1.165, 1.54) is 17.1 Å². The predicted molar refractivity (Wildman–Crippen MR) is 73.0 cm³/mol. The maximum Gasteiger partial charge on any atom is 0.339 e. The van der Waals surface area contributed by atoms with Crippen LogP contribution >= 0.6 is 11.3 Å². The number of carbonyl (C=O) groups is 1. The van der Waals surface area contributed by atoms with Crippen molar-refractivity contribution in [1.82, 2.24) is 9.97 Å². The van der Waals surface area contributed by atoms with Crippen LogP contribution in [0.1, 0.15) is 27.3 Å². The van der Waals surface area contributed by atoms with E-state index in [1.807, 2.05) is 0 Å². The molecule has 7 heteroatoms. The van der Waals surface area contributed by atoms with Crippen LogP contribution in [0.15, 0.2) is 12.3 Å². The first-order valence-corrected chi connectivity index (χ1v) is 6.69. The van der Waals surface area contributed by atoms with E-state index >= 15 is 0 Å². The lowest BCUT2D eigenvalue weighted by molar-refractivity contribution is 0.0697. The number of hydrogen-bond donors (Lipinski definition) is 3. The molecule has 1 aliphatic rings. The zero-order valence-electron chi connectivity index (χ0n) is 10.0. The first kappa shape index (κ1) is 11.9. The van der Waals surface area contributed by atoms with E-state index in [9.17, 15) is 4.79 Å². The third-order valence-corrected chi connectivity index (χ3v) is 4.03. The molecule has 98 valence electrons. The highest BCUT2D eigenvalue weighted by Crippen LogP contribution is 2.32. The van der Waals surface area contributed by atoms with Gasteiger partial charge in [0.2, 0.25) is 0 Å². The van der Waals surface area contributed by atoms with Crippen LogP contribution in [-0.4, -0.2) is 21.0 Å². The number of anilines is 3. The third-order valence-electron chi connectivity index (χ3n) is 2.96. The Morgan fingerprint density at radius 3 is 3.05 bits per heavy atom. The Balaban J connectivity index is 1.92. The molecule has 1 aliphatic carbocycles. The number of fused-ring (bicyclic) bond motifs is 1. The molecule has 0 fully saturated rings. The number of aromatic nitrogens is 2. The standard InChI is InChI=1S/C12H12N4O2S/c13-6-4-7(11(17)18)10(14-5-6)16-12-15-8-2-1-3-9(8)19-12/h4-5H,1-3,13H2,(H,17,18)(H,14,15,16). The molecule has 4 N–H and O–H groups in total. The summed E-state index contributed by atoms with van der Waals surface area (Å²) in [5.41, 5.74) is 7.04. The van der Waals surface area contributed by atoms with Gasteiger partial charge in [-0.05, 0) is 25.3 Å². The summed E-state index contributed by atoms with van der Waals surface area (Å²) in [5, 5.41) is 12.8. The molecule has 0 unspecified atom stereocenters. The highest BCUT2D eigenvalue weighted by atomic mass is 32.1. The van der Waals surface area contributed by atoms with Gasteiger partial charge in [0.25, 0.3) is 0 Å². The van der Waals surface area contributed by atoms with Crippen molar-refractivity contribution in [2.75, 3.05) is 11.1 Å². The van der Waals surface area contributed by atoms with Gasteiger partial charge in [0.15, 0.2) is 5.13 Å². The molecular formula is C12H12N4O2S. The zero-order chi connectivity index (χ0) is 13.4. The molecule has 19 heavy (non-hydrogen) atoms. The normalized spacial score (nSPS) is 13.3. The summed E-state index contributed by atoms with van der Waals surface area (Å²) in [4.78, 5) is 20.9. The quantitative estimate of drug-likeness (QED) is 0.793. The fourth-order valence-electron chi connectivity index (χ4n) is 2.09. The Kier molecular flexibility index (Phi) is 2.83. The molecule has 0 aromatic carbocycles. The minimum atomic E-state index is -1.06. The van der Waals surface area contributed by atoms with Gasteiger partial charge in [-0.15, -0.1) is 11.3 Å². The first-order chi connectivity index (χ1) is 9.13. The van der Waals surface area contributed by atoms with Gasteiger partial charge in [0.05, 0.1) is 17.6 Å². The number of aryl methyl sites for hydroxylation is 2. The van der Waals surface area contributed by atoms with Crippen LogP contribution in [0.25, 0.3) is 0 Å². The molecule has 2 aromatic rings. The van der Waals surface area contributed by atoms with E-state index in [1.54, 1.807) is 11.3 Å². The van der Waals surface area contributed by atoms with Crippen LogP contribution in [0.3, 0.4) is 0 Å². The number of nitrogens with one attached hydrogen (secondary N) is 1. The third kappa shape index (κ3) is 2.24. The minimum absolute atomic E-state index is 0.0513. The molecular weight excluding hydrogens is 264 g/mol. The number of hydrogen-bond acceptors (Lipinski definition) is 6. The van der Waals surface area contributed by atoms with Gasteiger partial charge in [-0.25, -0.2) is 14.8 Å². The molecule has 0 saturated heterocycles. The van der Waals surface area contributed by atoms with Gasteiger partial charge in [0.1, 0.15) is 11.4 Å². The first-order valence-electron chi connectivity index (χ1n) is 5.88. The number of carboxylic acids is 1. The van der Waals surface area contributed by atoms with E-state index in [2.05, 4.69) is 15.3 Å². The summed E-state index contributed by atoms with van der Waals surface area (Å²) in [6.45, 7) is 0. The van der Waals surface area contributed by atoms with Crippen molar-refractivity contribution in [2.45, 2.75) is 19.3 Å². The number of pyridine rings is 1. The number of rotatable bonds is 3. The van der Waals surface area contributed by atoms with Crippen molar-refractivity contribution in [3.8, 4) is 0 Å². The summed E-state index contributed by atoms with van der Waals surface area (Å²) in [6.07, 6.45) is 4.62. The van der Waals surface area contributed by atoms with Gasteiger partial charge < -0.3 is 16.2 Å². The minimum Gasteiger partial charge on any atom is -0.478 e. The van der Waals surface area contributed by atoms with Crippen molar-refractivity contribution in [3.63, 3.8) is 0 Å². The lowest BCUT2D eigenvalue weighted by Gasteiger charge is -2.06. The second-order valence-corrected chi connectivity index (χ2v) is 5.42. The number of nitrogen functional groups attached to an aromatic ring is 1. The van der Waals surface area contributed by atoms with Crippen molar-refractivity contribution in [1.29, 1.82) is 0 Å². The lowest BCUT2D eigenvalue weighted by atomic mass is 10.2. The number of nitrogens with zero attached hydrogens (tertiary/aromatic N) is 2. The summed E-state index contributed by atoms with van der Waals surface area (Å²) in [6, 6.07) is 1.39. The summed E-state index contributed by atoms with van der Waals surface area (Å²) in [5.74, 6) is -0.791. The predicted octanol–water partition coefficient (Wildman–Crippen LogP) is 2.05. The Labute approximate surface area is 113 Å². The van der Waals surface area contributed by atoms with Gasteiger partial charge in [-0.2, -0.15) is 0 Å². The molecule has 6 nitrogen and oxygen atoms in total. The van der Waals surface area contributed by atoms with Crippen molar-refractivity contribution < 1.29 is 9.90 Å². The van der Waals surface area contributed by atoms with Gasteiger partial charge in [-0.3, -0.25) is 0 Å². The largest absolute Gasteiger partial charge is 0.478 e. The topological polar surface area (TPSA) is 101 Å². The summed E-state index contributed by atoms with van der Waals surface area (Å²) in [7, 11) is 0. The second kappa shape index (κ2) is 4.51. The maximum atomic E-state index is 11.2. The van der Waals surface area contributed by atoms with Crippen LogP contribution in [0.5, 0.6) is 0 Å². The average molecular weight is 276 g/mol.